The maximum absolute atomic E-state index is 14.0. The van der Waals surface area contributed by atoms with Crippen molar-refractivity contribution in [1.82, 2.24) is 4.57 Å². The van der Waals surface area contributed by atoms with Crippen molar-refractivity contribution in [3.05, 3.63) is 106 Å². The minimum Gasteiger partial charge on any atom is -0.496 e. The van der Waals surface area contributed by atoms with Crippen molar-refractivity contribution in [2.24, 2.45) is 4.99 Å². The molecule has 1 aliphatic rings. The fraction of sp³-hybridized carbons (Fsp3) is 0.226. The van der Waals surface area contributed by atoms with Crippen molar-refractivity contribution in [1.29, 1.82) is 0 Å². The predicted molar refractivity (Wildman–Crippen MR) is 166 cm³/mol. The van der Waals surface area contributed by atoms with Crippen LogP contribution in [-0.2, 0) is 9.53 Å². The Hall–Kier alpha value is -3.93. The minimum absolute atomic E-state index is 0.0658. The molecule has 0 unspecified atom stereocenters. The van der Waals surface area contributed by atoms with E-state index in [2.05, 4.69) is 15.9 Å². The molecule has 0 spiro atoms. The number of methoxy groups -OCH3 is 1. The van der Waals surface area contributed by atoms with Gasteiger partial charge in [-0.3, -0.25) is 9.36 Å². The maximum Gasteiger partial charge on any atom is 0.338 e. The Labute approximate surface area is 263 Å². The minimum atomic E-state index is -1.09. The van der Waals surface area contributed by atoms with Crippen LogP contribution in [0.1, 0.15) is 54.4 Å². The smallest absolute Gasteiger partial charge is 0.338 e. The SMILES string of the molecule is CCCC1=C(C(=O)OCC)[C@H](c2ccc(OC)c(Br)c2)n2c(s/c(=C\c3ccc(-c4cc(C(=O)O)ccc4Cl)o3)c2=O)=N1. The Morgan fingerprint density at radius 1 is 1.19 bits per heavy atom. The summed E-state index contributed by atoms with van der Waals surface area (Å²) < 4.78 is 19.3. The van der Waals surface area contributed by atoms with Crippen molar-refractivity contribution < 1.29 is 28.6 Å². The molecule has 0 bridgehead atoms. The number of hydrogen-bond donors (Lipinski definition) is 1. The summed E-state index contributed by atoms with van der Waals surface area (Å²) >= 11 is 11.0. The lowest BCUT2D eigenvalue weighted by molar-refractivity contribution is -0.139. The highest BCUT2D eigenvalue weighted by molar-refractivity contribution is 9.10. The first-order chi connectivity index (χ1) is 20.7. The molecule has 2 aromatic carbocycles. The number of aromatic nitrogens is 1. The third-order valence-corrected chi connectivity index (χ3v) is 8.69. The summed E-state index contributed by atoms with van der Waals surface area (Å²) in [5.74, 6) is -0.303. The second-order valence-corrected chi connectivity index (χ2v) is 11.8. The zero-order valence-corrected chi connectivity index (χ0v) is 26.5. The number of hydrogen-bond acceptors (Lipinski definition) is 8. The topological polar surface area (TPSA) is 120 Å². The van der Waals surface area contributed by atoms with E-state index in [1.807, 2.05) is 19.1 Å². The third-order valence-electron chi connectivity index (χ3n) is 6.76. The Kier molecular flexibility index (Phi) is 9.05. The van der Waals surface area contributed by atoms with Gasteiger partial charge in [0.1, 0.15) is 17.3 Å². The highest BCUT2D eigenvalue weighted by Gasteiger charge is 2.34. The standard InChI is InChI=1S/C31H26BrClN2O7S/c1-4-6-22-26(30(39)41-5-2)27(16-8-11-24(40-3)20(32)14-16)35-28(36)25(43-31(35)34-22)15-18-9-12-23(42-18)19-13-17(29(37)38)7-10-21(19)33/h7-15,27H,4-6H2,1-3H3,(H,37,38)/b25-15-/t27-/m0/s1. The molecule has 5 rings (SSSR count). The van der Waals surface area contributed by atoms with Crippen molar-refractivity contribution in [2.75, 3.05) is 13.7 Å². The number of nitrogens with zero attached hydrogens (tertiary/aromatic N) is 2. The number of aromatic carboxylic acids is 1. The van der Waals surface area contributed by atoms with Gasteiger partial charge in [0.05, 0.1) is 50.6 Å². The molecule has 1 aliphatic heterocycles. The van der Waals surface area contributed by atoms with Gasteiger partial charge < -0.3 is 19.0 Å². The second-order valence-electron chi connectivity index (χ2n) is 9.51. The van der Waals surface area contributed by atoms with Gasteiger partial charge in [-0.1, -0.05) is 42.3 Å². The van der Waals surface area contributed by atoms with Gasteiger partial charge in [0.2, 0.25) is 0 Å². The van der Waals surface area contributed by atoms with Crippen molar-refractivity contribution >= 4 is 56.9 Å². The number of carbonyl (C=O) groups excluding carboxylic acids is 1. The Morgan fingerprint density at radius 2 is 1.98 bits per heavy atom. The molecule has 3 heterocycles. The molecule has 2 aromatic heterocycles. The average molecular weight is 686 g/mol. The van der Waals surface area contributed by atoms with E-state index in [-0.39, 0.29) is 17.7 Å². The van der Waals surface area contributed by atoms with E-state index in [1.54, 1.807) is 38.3 Å². The fourth-order valence-corrected chi connectivity index (χ4v) is 6.61. The van der Waals surface area contributed by atoms with Gasteiger partial charge in [-0.25, -0.2) is 14.6 Å². The van der Waals surface area contributed by atoms with Gasteiger partial charge >= 0.3 is 11.9 Å². The normalized spacial score (nSPS) is 14.8. The molecule has 43 heavy (non-hydrogen) atoms. The molecule has 0 aliphatic carbocycles. The molecule has 9 nitrogen and oxygen atoms in total. The second kappa shape index (κ2) is 12.7. The van der Waals surface area contributed by atoms with Gasteiger partial charge in [-0.05, 0) is 77.3 Å². The molecule has 222 valence electrons. The van der Waals surface area contributed by atoms with Crippen molar-refractivity contribution in [3.8, 4) is 17.1 Å². The molecular formula is C31H26BrClN2O7S. The first kappa shape index (κ1) is 30.5. The van der Waals surface area contributed by atoms with Gasteiger partial charge in [-0.2, -0.15) is 0 Å². The number of ether oxygens (including phenoxy) is 2. The highest BCUT2D eigenvalue weighted by Crippen LogP contribution is 2.36. The van der Waals surface area contributed by atoms with Crippen LogP contribution < -0.4 is 19.6 Å². The van der Waals surface area contributed by atoms with Crippen LogP contribution in [0.25, 0.3) is 17.4 Å². The lowest BCUT2D eigenvalue weighted by Crippen LogP contribution is -2.40. The van der Waals surface area contributed by atoms with Crippen LogP contribution in [0.15, 0.2) is 78.5 Å². The molecule has 0 radical (unpaired) electrons. The number of carbonyl (C=O) groups is 2. The van der Waals surface area contributed by atoms with Gasteiger partial charge in [0.25, 0.3) is 5.56 Å². The maximum atomic E-state index is 14.0. The number of benzene rings is 2. The van der Waals surface area contributed by atoms with Gasteiger partial charge in [0, 0.05) is 11.6 Å². The molecule has 1 atom stereocenters. The lowest BCUT2D eigenvalue weighted by atomic mass is 9.94. The summed E-state index contributed by atoms with van der Waals surface area (Å²) in [6.07, 6.45) is 2.85. The van der Waals surface area contributed by atoms with E-state index in [0.29, 0.717) is 64.9 Å². The first-order valence-electron chi connectivity index (χ1n) is 13.3. The summed E-state index contributed by atoms with van der Waals surface area (Å²) in [6.45, 7) is 3.90. The fourth-order valence-electron chi connectivity index (χ4n) is 4.84. The Bertz CT molecular complexity index is 1960. The number of carboxylic acids is 1. The van der Waals surface area contributed by atoms with E-state index in [4.69, 9.17) is 30.5 Å². The monoisotopic (exact) mass is 684 g/mol. The van der Waals surface area contributed by atoms with E-state index in [1.165, 1.54) is 34.1 Å². The van der Waals surface area contributed by atoms with Crippen LogP contribution in [0, 0.1) is 0 Å². The first-order valence-corrected chi connectivity index (χ1v) is 15.3. The van der Waals surface area contributed by atoms with E-state index < -0.39 is 18.0 Å². The summed E-state index contributed by atoms with van der Waals surface area (Å²) in [6, 6.07) is 12.3. The zero-order chi connectivity index (χ0) is 30.8. The summed E-state index contributed by atoms with van der Waals surface area (Å²) in [5, 5.41) is 9.70. The number of furan rings is 1. The van der Waals surface area contributed by atoms with Crippen LogP contribution >= 0.6 is 38.9 Å². The summed E-state index contributed by atoms with van der Waals surface area (Å²) in [7, 11) is 1.56. The summed E-state index contributed by atoms with van der Waals surface area (Å²) in [5.41, 5.74) is 1.68. The number of rotatable bonds is 9. The number of allylic oxidation sites excluding steroid dienone is 1. The lowest BCUT2D eigenvalue weighted by Gasteiger charge is -2.26. The van der Waals surface area contributed by atoms with Gasteiger partial charge in [0.15, 0.2) is 4.80 Å². The largest absolute Gasteiger partial charge is 0.496 e. The molecule has 1 N–H and O–H groups in total. The molecule has 0 saturated heterocycles. The number of thiazole rings is 1. The number of fused-ring (bicyclic) bond motifs is 1. The quantitative estimate of drug-likeness (QED) is 0.216. The van der Waals surface area contributed by atoms with Crippen LogP contribution in [0.3, 0.4) is 0 Å². The van der Waals surface area contributed by atoms with Crippen molar-refractivity contribution in [3.63, 3.8) is 0 Å². The molecule has 0 saturated carbocycles. The van der Waals surface area contributed by atoms with Crippen LogP contribution in [0.2, 0.25) is 5.02 Å². The zero-order valence-electron chi connectivity index (χ0n) is 23.4. The highest BCUT2D eigenvalue weighted by atomic mass is 79.9. The molecule has 0 amide bonds. The third kappa shape index (κ3) is 5.97. The van der Waals surface area contributed by atoms with E-state index in [0.717, 1.165) is 6.42 Å². The van der Waals surface area contributed by atoms with E-state index >= 15 is 0 Å². The number of esters is 1. The molecule has 12 heteroatoms. The average Bonchev–Trinajstić information content (AvgIpc) is 3.56. The Balaban J connectivity index is 1.67. The molecule has 4 aromatic rings. The van der Waals surface area contributed by atoms with Crippen molar-refractivity contribution in [2.45, 2.75) is 32.7 Å². The molecular weight excluding hydrogens is 660 g/mol. The van der Waals surface area contributed by atoms with Crippen LogP contribution in [0.4, 0.5) is 0 Å². The van der Waals surface area contributed by atoms with Crippen LogP contribution in [0.5, 0.6) is 5.75 Å². The van der Waals surface area contributed by atoms with Crippen LogP contribution in [-0.4, -0.2) is 35.3 Å². The number of carboxylic acid groups (broad SMARTS) is 1. The predicted octanol–water partition coefficient (Wildman–Crippen LogP) is 5.96. The molecule has 0 fully saturated rings. The Morgan fingerprint density at radius 3 is 2.65 bits per heavy atom. The van der Waals surface area contributed by atoms with E-state index in [9.17, 15) is 19.5 Å². The summed E-state index contributed by atoms with van der Waals surface area (Å²) in [4.78, 5) is 44.0. The number of halogens is 2. The van der Waals surface area contributed by atoms with Gasteiger partial charge in [-0.15, -0.1) is 0 Å².